The van der Waals surface area contributed by atoms with E-state index in [1.165, 1.54) is 0 Å². The molecule has 3 rings (SSSR count). The average molecular weight is 501 g/mol. The van der Waals surface area contributed by atoms with Crippen LogP contribution in [0.25, 0.3) is 0 Å². The molecular weight excluding hydrogens is 460 g/mol. The van der Waals surface area contributed by atoms with Crippen LogP contribution in [-0.2, 0) is 9.53 Å². The highest BCUT2D eigenvalue weighted by Gasteiger charge is 2.38. The van der Waals surface area contributed by atoms with Gasteiger partial charge in [0.2, 0.25) is 0 Å². The minimum absolute atomic E-state index is 0.0480. The highest BCUT2D eigenvalue weighted by molar-refractivity contribution is 5.93. The zero-order valence-electron chi connectivity index (χ0n) is 23.2. The van der Waals surface area contributed by atoms with E-state index in [0.717, 1.165) is 16.9 Å². The number of carbonyl (C=O) groups is 1. The maximum absolute atomic E-state index is 13.0. The Hall–Kier alpha value is -3.61. The molecule has 2 atom stereocenters. The van der Waals surface area contributed by atoms with Crippen LogP contribution in [0, 0.1) is 0 Å². The van der Waals surface area contributed by atoms with Crippen LogP contribution >= 0.6 is 0 Å². The summed E-state index contributed by atoms with van der Waals surface area (Å²) in [6.07, 6.45) is 1.15. The maximum atomic E-state index is 13.0. The van der Waals surface area contributed by atoms with Gasteiger partial charge in [-0.1, -0.05) is 33.4 Å². The fourth-order valence-electron chi connectivity index (χ4n) is 3.73. The van der Waals surface area contributed by atoms with Crippen LogP contribution in [0.1, 0.15) is 57.8 Å². The standard InChI is InChI=1S/C20H22O6.C7H12O.C2H6/c1-11-18-16(25-5)9-13(22-2)10-17(18)26-20(19(11)21)12-6-7-14(23-3)15(8-12)24-4;1-5-7(8-4)6(2)3;1-2/h6-11,20H,1-5H3;5H,2H2,1,3-4H3;1-2H3/b;7-5+;/t11?,20-;;/m1../s1. The Morgan fingerprint density at radius 1 is 0.917 bits per heavy atom. The van der Waals surface area contributed by atoms with Crippen molar-refractivity contribution in [2.75, 3.05) is 35.5 Å². The Kier molecular flexibility index (Phi) is 12.4. The van der Waals surface area contributed by atoms with Crippen molar-refractivity contribution in [3.8, 4) is 28.7 Å². The molecule has 0 saturated heterocycles. The lowest BCUT2D eigenvalue weighted by Crippen LogP contribution is -2.29. The Morgan fingerprint density at radius 3 is 1.97 bits per heavy atom. The molecule has 1 unspecified atom stereocenters. The van der Waals surface area contributed by atoms with Crippen molar-refractivity contribution >= 4 is 5.78 Å². The molecule has 0 fully saturated rings. The molecule has 0 spiro atoms. The first-order valence-electron chi connectivity index (χ1n) is 11.8. The second kappa shape index (κ2) is 14.7. The number of allylic oxidation sites excluding steroid dienone is 2. The van der Waals surface area contributed by atoms with Crippen molar-refractivity contribution in [3.63, 3.8) is 0 Å². The van der Waals surface area contributed by atoms with Crippen LogP contribution in [-0.4, -0.2) is 41.3 Å². The zero-order chi connectivity index (χ0) is 27.4. The smallest absolute Gasteiger partial charge is 0.185 e. The molecule has 0 bridgehead atoms. The van der Waals surface area contributed by atoms with Gasteiger partial charge < -0.3 is 28.4 Å². The van der Waals surface area contributed by atoms with Crippen LogP contribution in [0.5, 0.6) is 28.7 Å². The molecule has 0 aromatic heterocycles. The van der Waals surface area contributed by atoms with Crippen LogP contribution in [0.3, 0.4) is 0 Å². The monoisotopic (exact) mass is 500 g/mol. The molecule has 0 saturated carbocycles. The predicted molar refractivity (Wildman–Crippen MR) is 143 cm³/mol. The quantitative estimate of drug-likeness (QED) is 0.311. The lowest BCUT2D eigenvalue weighted by Gasteiger charge is -2.31. The van der Waals surface area contributed by atoms with Gasteiger partial charge in [0.1, 0.15) is 23.0 Å². The van der Waals surface area contributed by atoms with E-state index in [2.05, 4.69) is 6.58 Å². The first-order chi connectivity index (χ1) is 17.3. The molecule has 0 N–H and O–H groups in total. The van der Waals surface area contributed by atoms with Gasteiger partial charge in [0.05, 0.1) is 41.5 Å². The summed E-state index contributed by atoms with van der Waals surface area (Å²) in [5.74, 6) is 3.34. The van der Waals surface area contributed by atoms with Crippen LogP contribution < -0.4 is 23.7 Å². The Labute approximate surface area is 215 Å². The maximum Gasteiger partial charge on any atom is 0.185 e. The van der Waals surface area contributed by atoms with E-state index >= 15 is 0 Å². The molecular formula is C29H40O7. The van der Waals surface area contributed by atoms with Gasteiger partial charge in [0.15, 0.2) is 23.4 Å². The number of methoxy groups -OCH3 is 5. The van der Waals surface area contributed by atoms with Crippen LogP contribution in [0.2, 0.25) is 0 Å². The fraction of sp³-hybridized carbons (Fsp3) is 0.414. The zero-order valence-corrected chi connectivity index (χ0v) is 23.2. The van der Waals surface area contributed by atoms with Crippen molar-refractivity contribution in [3.05, 3.63) is 65.4 Å². The van der Waals surface area contributed by atoms with Gasteiger partial charge in [-0.25, -0.2) is 0 Å². The first-order valence-corrected chi connectivity index (χ1v) is 11.8. The Bertz CT molecular complexity index is 1060. The molecule has 2 aromatic rings. The van der Waals surface area contributed by atoms with Crippen molar-refractivity contribution in [2.24, 2.45) is 0 Å². The summed E-state index contributed by atoms with van der Waals surface area (Å²) in [5, 5.41) is 0. The third kappa shape index (κ3) is 6.97. The van der Waals surface area contributed by atoms with Gasteiger partial charge in [0.25, 0.3) is 0 Å². The van der Waals surface area contributed by atoms with Gasteiger partial charge in [-0.3, -0.25) is 4.79 Å². The van der Waals surface area contributed by atoms with Gasteiger partial charge in [-0.15, -0.1) is 0 Å². The van der Waals surface area contributed by atoms with E-state index < -0.39 is 6.10 Å². The van der Waals surface area contributed by atoms with Gasteiger partial charge >= 0.3 is 0 Å². The summed E-state index contributed by atoms with van der Waals surface area (Å²) in [7, 11) is 7.90. The van der Waals surface area contributed by atoms with Crippen molar-refractivity contribution in [2.45, 2.75) is 46.6 Å². The molecule has 0 radical (unpaired) electrons. The topological polar surface area (TPSA) is 72.5 Å². The summed E-state index contributed by atoms with van der Waals surface area (Å²) >= 11 is 0. The molecule has 36 heavy (non-hydrogen) atoms. The van der Waals surface area contributed by atoms with E-state index in [9.17, 15) is 4.79 Å². The van der Waals surface area contributed by atoms with Crippen LogP contribution in [0.4, 0.5) is 0 Å². The van der Waals surface area contributed by atoms with E-state index in [4.69, 9.17) is 28.4 Å². The number of carbonyl (C=O) groups excluding carboxylic acids is 1. The number of ketones is 1. The molecule has 7 nitrogen and oxygen atoms in total. The number of hydrogen-bond acceptors (Lipinski definition) is 7. The van der Waals surface area contributed by atoms with Gasteiger partial charge in [0, 0.05) is 23.3 Å². The molecule has 198 valence electrons. The number of Topliss-reactive ketones (excluding diaryl/α,β-unsaturated/α-hetero) is 1. The molecule has 1 aliphatic rings. The van der Waals surface area contributed by atoms with Crippen molar-refractivity contribution in [1.29, 1.82) is 0 Å². The Morgan fingerprint density at radius 2 is 1.53 bits per heavy atom. The number of ether oxygens (including phenoxy) is 6. The van der Waals surface area contributed by atoms with Gasteiger partial charge in [-0.05, 0) is 37.6 Å². The predicted octanol–water partition coefficient (Wildman–Crippen LogP) is 6.67. The second-order valence-electron chi connectivity index (χ2n) is 7.62. The highest BCUT2D eigenvalue weighted by Crippen LogP contribution is 2.47. The number of hydrogen-bond donors (Lipinski definition) is 0. The SMILES string of the molecule is C=C(C)/C(=C\C)OC.CC.COc1cc(OC)c2c(c1)O[C@H](c1ccc(OC)c(OC)c1)C(=O)C2C. The molecule has 7 heteroatoms. The molecule has 0 amide bonds. The van der Waals surface area contributed by atoms with E-state index in [0.29, 0.717) is 34.3 Å². The number of rotatable bonds is 7. The third-order valence-corrected chi connectivity index (χ3v) is 5.51. The summed E-state index contributed by atoms with van der Waals surface area (Å²) < 4.78 is 32.3. The third-order valence-electron chi connectivity index (χ3n) is 5.51. The lowest BCUT2D eigenvalue weighted by atomic mass is 9.86. The van der Waals surface area contributed by atoms with Crippen molar-refractivity contribution < 1.29 is 33.2 Å². The molecule has 1 heterocycles. The summed E-state index contributed by atoms with van der Waals surface area (Å²) in [6, 6.07) is 8.85. The number of benzene rings is 2. The second-order valence-corrected chi connectivity index (χ2v) is 7.62. The van der Waals surface area contributed by atoms with E-state index in [1.54, 1.807) is 65.9 Å². The highest BCUT2D eigenvalue weighted by atomic mass is 16.5. The number of fused-ring (bicyclic) bond motifs is 1. The normalized spacial score (nSPS) is 16.1. The lowest BCUT2D eigenvalue weighted by molar-refractivity contribution is -0.128. The largest absolute Gasteiger partial charge is 0.497 e. The summed E-state index contributed by atoms with van der Waals surface area (Å²) in [6.45, 7) is 13.4. The van der Waals surface area contributed by atoms with Crippen LogP contribution in [0.15, 0.2) is 54.3 Å². The first kappa shape index (κ1) is 30.4. The molecule has 0 aliphatic carbocycles. The van der Waals surface area contributed by atoms with E-state index in [1.807, 2.05) is 40.7 Å². The molecule has 1 aliphatic heterocycles. The Balaban J connectivity index is 0.000000554. The fourth-order valence-corrected chi connectivity index (χ4v) is 3.73. The molecule has 2 aromatic carbocycles. The van der Waals surface area contributed by atoms with E-state index in [-0.39, 0.29) is 11.7 Å². The van der Waals surface area contributed by atoms with Crippen molar-refractivity contribution in [1.82, 2.24) is 0 Å². The minimum atomic E-state index is -0.742. The minimum Gasteiger partial charge on any atom is -0.497 e. The summed E-state index contributed by atoms with van der Waals surface area (Å²) in [4.78, 5) is 13.0. The average Bonchev–Trinajstić information content (AvgIpc) is 2.91. The van der Waals surface area contributed by atoms with Gasteiger partial charge in [-0.2, -0.15) is 0 Å². The summed E-state index contributed by atoms with van der Waals surface area (Å²) in [5.41, 5.74) is 2.40.